The molecule has 2 aromatic rings. The molecule has 0 bridgehead atoms. The Hall–Kier alpha value is -1.47. The van der Waals surface area contributed by atoms with E-state index in [1.807, 2.05) is 6.07 Å². The maximum Gasteiger partial charge on any atom is 0.412 e. The Morgan fingerprint density at radius 2 is 2.50 bits per heavy atom. The van der Waals surface area contributed by atoms with E-state index in [0.717, 1.165) is 10.3 Å². The van der Waals surface area contributed by atoms with Crippen LogP contribution in [0.15, 0.2) is 12.1 Å². The molecule has 0 saturated carbocycles. The van der Waals surface area contributed by atoms with Gasteiger partial charge >= 0.3 is 6.09 Å². The van der Waals surface area contributed by atoms with E-state index in [1.165, 1.54) is 11.3 Å². The summed E-state index contributed by atoms with van der Waals surface area (Å²) in [5.74, 6) is 0.455. The van der Waals surface area contributed by atoms with Crippen LogP contribution in [-0.2, 0) is 4.74 Å². The van der Waals surface area contributed by atoms with Crippen molar-refractivity contribution >= 4 is 45.8 Å². The van der Waals surface area contributed by atoms with Crippen LogP contribution in [-0.4, -0.2) is 22.7 Å². The Morgan fingerprint density at radius 3 is 3.25 bits per heavy atom. The van der Waals surface area contributed by atoms with Crippen LogP contribution >= 0.6 is 23.6 Å². The third-order valence-electron chi connectivity index (χ3n) is 1.79. The molecule has 2 rings (SSSR count). The van der Waals surface area contributed by atoms with Crippen LogP contribution in [0.1, 0.15) is 6.92 Å². The molecule has 0 spiro atoms. The first-order chi connectivity index (χ1) is 7.69. The fourth-order valence-corrected chi connectivity index (χ4v) is 2.23. The number of pyridine rings is 1. The fraction of sp³-hybridized carbons (Fsp3) is 0.222. The summed E-state index contributed by atoms with van der Waals surface area (Å²) >= 11 is 6.36. The molecule has 0 aromatic carbocycles. The van der Waals surface area contributed by atoms with E-state index < -0.39 is 6.09 Å². The quantitative estimate of drug-likeness (QED) is 0.810. The highest BCUT2D eigenvalue weighted by Crippen LogP contribution is 2.19. The second kappa shape index (κ2) is 4.58. The van der Waals surface area contributed by atoms with Crippen molar-refractivity contribution in [2.24, 2.45) is 0 Å². The van der Waals surface area contributed by atoms with Crippen molar-refractivity contribution in [1.29, 1.82) is 0 Å². The minimum absolute atomic E-state index is 0.331. The Balaban J connectivity index is 2.25. The molecule has 2 aromatic heterocycles. The molecular weight excluding hydrogens is 246 g/mol. The Morgan fingerprint density at radius 1 is 1.69 bits per heavy atom. The van der Waals surface area contributed by atoms with Gasteiger partial charge in [0.15, 0.2) is 3.95 Å². The molecular formula is C9H9N3O2S2. The third kappa shape index (κ3) is 2.37. The Labute approximate surface area is 100 Å². The largest absolute Gasteiger partial charge is 0.450 e. The molecule has 1 amide bonds. The molecule has 0 unspecified atom stereocenters. The van der Waals surface area contributed by atoms with E-state index >= 15 is 0 Å². The molecule has 2 heterocycles. The highest BCUT2D eigenvalue weighted by molar-refractivity contribution is 7.73. The van der Waals surface area contributed by atoms with Crippen LogP contribution in [0.25, 0.3) is 10.3 Å². The molecule has 0 atom stereocenters. The van der Waals surface area contributed by atoms with E-state index in [1.54, 1.807) is 13.0 Å². The average molecular weight is 255 g/mol. The summed E-state index contributed by atoms with van der Waals surface area (Å²) in [6, 6.07) is 3.51. The molecule has 0 fully saturated rings. The molecule has 0 aliphatic heterocycles. The van der Waals surface area contributed by atoms with Crippen LogP contribution in [0.3, 0.4) is 0 Å². The van der Waals surface area contributed by atoms with Gasteiger partial charge in [0, 0.05) is 0 Å². The number of hydrogen-bond acceptors (Lipinski definition) is 5. The number of hydrogen-bond donors (Lipinski definition) is 2. The number of fused-ring (bicyclic) bond motifs is 1. The van der Waals surface area contributed by atoms with Gasteiger partial charge in [-0.2, -0.15) is 0 Å². The number of nitrogens with one attached hydrogen (secondary N) is 2. The molecule has 5 nitrogen and oxygen atoms in total. The minimum Gasteiger partial charge on any atom is -0.450 e. The molecule has 7 heteroatoms. The van der Waals surface area contributed by atoms with Crippen molar-refractivity contribution in [2.75, 3.05) is 11.9 Å². The Kier molecular flexibility index (Phi) is 3.16. The molecule has 0 aliphatic carbocycles. The number of carbonyl (C=O) groups is 1. The summed E-state index contributed by atoms with van der Waals surface area (Å²) < 4.78 is 5.41. The lowest BCUT2D eigenvalue weighted by molar-refractivity contribution is 0.168. The summed E-state index contributed by atoms with van der Waals surface area (Å²) in [7, 11) is 0. The van der Waals surface area contributed by atoms with E-state index in [2.05, 4.69) is 15.3 Å². The van der Waals surface area contributed by atoms with Crippen LogP contribution in [0.5, 0.6) is 0 Å². The van der Waals surface area contributed by atoms with Crippen molar-refractivity contribution in [3.05, 3.63) is 16.1 Å². The first-order valence-electron chi connectivity index (χ1n) is 4.62. The van der Waals surface area contributed by atoms with E-state index in [0.29, 0.717) is 16.4 Å². The number of amides is 1. The number of rotatable bonds is 2. The lowest BCUT2D eigenvalue weighted by Crippen LogP contribution is -2.14. The van der Waals surface area contributed by atoms with Gasteiger partial charge in [-0.1, -0.05) is 11.3 Å². The van der Waals surface area contributed by atoms with Gasteiger partial charge in [0.05, 0.1) is 12.1 Å². The van der Waals surface area contributed by atoms with Crippen LogP contribution in [0, 0.1) is 3.95 Å². The Bertz CT molecular complexity index is 575. The second-order valence-corrected chi connectivity index (χ2v) is 4.57. The zero-order chi connectivity index (χ0) is 11.5. The molecule has 0 saturated heterocycles. The number of ether oxygens (including phenoxy) is 1. The molecule has 2 N–H and O–H groups in total. The number of thiazole rings is 1. The van der Waals surface area contributed by atoms with Gasteiger partial charge in [0.1, 0.15) is 10.6 Å². The lowest BCUT2D eigenvalue weighted by Gasteiger charge is -2.03. The summed E-state index contributed by atoms with van der Waals surface area (Å²) in [5.41, 5.74) is 0.865. The zero-order valence-electron chi connectivity index (χ0n) is 8.44. The third-order valence-corrected chi connectivity index (χ3v) is 2.94. The molecule has 16 heavy (non-hydrogen) atoms. The highest BCUT2D eigenvalue weighted by Gasteiger charge is 2.05. The molecule has 0 aliphatic rings. The number of aromatic nitrogens is 2. The monoisotopic (exact) mass is 255 g/mol. The van der Waals surface area contributed by atoms with Gasteiger partial charge in [0.2, 0.25) is 0 Å². The average Bonchev–Trinajstić information content (AvgIpc) is 2.57. The lowest BCUT2D eigenvalue weighted by atomic mass is 10.4. The van der Waals surface area contributed by atoms with Gasteiger partial charge in [0.25, 0.3) is 0 Å². The summed E-state index contributed by atoms with van der Waals surface area (Å²) in [6.45, 7) is 2.07. The summed E-state index contributed by atoms with van der Waals surface area (Å²) in [6.07, 6.45) is -0.506. The van der Waals surface area contributed by atoms with Gasteiger partial charge in [-0.25, -0.2) is 9.78 Å². The highest BCUT2D eigenvalue weighted by atomic mass is 32.1. The maximum absolute atomic E-state index is 11.2. The molecule has 0 radical (unpaired) electrons. The topological polar surface area (TPSA) is 67.0 Å². The van der Waals surface area contributed by atoms with Crippen molar-refractivity contribution in [3.8, 4) is 0 Å². The van der Waals surface area contributed by atoms with Gasteiger partial charge in [-0.3, -0.25) is 5.32 Å². The van der Waals surface area contributed by atoms with Crippen LogP contribution in [0.2, 0.25) is 0 Å². The summed E-state index contributed by atoms with van der Waals surface area (Å²) in [4.78, 5) is 19.1. The number of H-pyrrole nitrogens is 1. The standard InChI is InChI=1S/C9H9N3O2S2/c1-2-14-8(13)12-6-4-3-5-7(11-6)16-9(15)10-5/h3-4H,2H2,1H3,(H,10,15)(H,11,12,13). The predicted molar refractivity (Wildman–Crippen MR) is 65.4 cm³/mol. The van der Waals surface area contributed by atoms with Crippen molar-refractivity contribution < 1.29 is 9.53 Å². The van der Waals surface area contributed by atoms with E-state index in [4.69, 9.17) is 17.0 Å². The maximum atomic E-state index is 11.2. The smallest absolute Gasteiger partial charge is 0.412 e. The number of aromatic amines is 1. The van der Waals surface area contributed by atoms with Gasteiger partial charge < -0.3 is 9.72 Å². The first-order valence-corrected chi connectivity index (χ1v) is 5.85. The van der Waals surface area contributed by atoms with Gasteiger partial charge in [-0.15, -0.1) is 0 Å². The fourth-order valence-electron chi connectivity index (χ4n) is 1.18. The van der Waals surface area contributed by atoms with Crippen molar-refractivity contribution in [1.82, 2.24) is 9.97 Å². The normalized spacial score (nSPS) is 10.3. The van der Waals surface area contributed by atoms with Crippen molar-refractivity contribution in [3.63, 3.8) is 0 Å². The number of carbonyl (C=O) groups excluding carboxylic acids is 1. The minimum atomic E-state index is -0.506. The molecule has 84 valence electrons. The second-order valence-electron chi connectivity index (χ2n) is 2.91. The zero-order valence-corrected chi connectivity index (χ0v) is 10.1. The van der Waals surface area contributed by atoms with Gasteiger partial charge in [-0.05, 0) is 31.3 Å². The van der Waals surface area contributed by atoms with E-state index in [9.17, 15) is 4.79 Å². The summed E-state index contributed by atoms with van der Waals surface area (Å²) in [5, 5.41) is 2.53. The van der Waals surface area contributed by atoms with Crippen molar-refractivity contribution in [2.45, 2.75) is 6.92 Å². The SMILES string of the molecule is CCOC(=O)Nc1ccc2[nH]c(=S)sc2n1. The number of anilines is 1. The van der Waals surface area contributed by atoms with Crippen LogP contribution in [0.4, 0.5) is 10.6 Å². The van der Waals surface area contributed by atoms with E-state index in [-0.39, 0.29) is 0 Å². The predicted octanol–water partition coefficient (Wildman–Crippen LogP) is 2.92. The first kappa shape index (κ1) is 11.0. The number of nitrogens with zero attached hydrogens (tertiary/aromatic N) is 1. The van der Waals surface area contributed by atoms with Crippen LogP contribution < -0.4 is 5.32 Å².